The second-order valence-corrected chi connectivity index (χ2v) is 8.47. The highest BCUT2D eigenvalue weighted by Gasteiger charge is 2.27. The Morgan fingerprint density at radius 2 is 2.00 bits per heavy atom. The fraction of sp³-hybridized carbons (Fsp3) is 0.263. The Labute approximate surface area is 175 Å². The molecule has 0 spiro atoms. The summed E-state index contributed by atoms with van der Waals surface area (Å²) in [5, 5.41) is 5.60. The fourth-order valence-corrected chi connectivity index (χ4v) is 4.20. The van der Waals surface area contributed by atoms with Gasteiger partial charge >= 0.3 is 0 Å². The lowest BCUT2D eigenvalue weighted by Gasteiger charge is -2.31. The average Bonchev–Trinajstić information content (AvgIpc) is 3.18. The molecule has 1 aromatic carbocycles. The van der Waals surface area contributed by atoms with E-state index in [1.807, 2.05) is 17.5 Å². The molecule has 1 fully saturated rings. The molecule has 0 saturated carbocycles. The van der Waals surface area contributed by atoms with Crippen molar-refractivity contribution < 1.29 is 4.79 Å². The Morgan fingerprint density at radius 1 is 1.22 bits per heavy atom. The molecule has 1 N–H and O–H groups in total. The van der Waals surface area contributed by atoms with E-state index in [9.17, 15) is 4.79 Å². The molecule has 27 heavy (non-hydrogen) atoms. The van der Waals surface area contributed by atoms with Gasteiger partial charge in [-0.1, -0.05) is 12.1 Å². The number of piperidine rings is 1. The molecule has 1 aliphatic heterocycles. The first-order chi connectivity index (χ1) is 13.2. The molecule has 8 heteroatoms. The van der Waals surface area contributed by atoms with Crippen LogP contribution in [-0.2, 0) is 4.79 Å². The van der Waals surface area contributed by atoms with Crippen LogP contribution in [-0.4, -0.2) is 33.9 Å². The van der Waals surface area contributed by atoms with Crippen molar-refractivity contribution >= 4 is 50.9 Å². The summed E-state index contributed by atoms with van der Waals surface area (Å²) in [4.78, 5) is 28.0. The molecule has 3 heterocycles. The molecule has 6 nitrogen and oxygen atoms in total. The first-order valence-corrected chi connectivity index (χ1v) is 10.7. The van der Waals surface area contributed by atoms with Crippen molar-refractivity contribution in [3.05, 3.63) is 51.7 Å². The summed E-state index contributed by atoms with van der Waals surface area (Å²) < 4.78 is 1.18. The second kappa shape index (κ2) is 8.30. The van der Waals surface area contributed by atoms with Crippen molar-refractivity contribution in [3.8, 4) is 11.3 Å². The molecular weight excluding hydrogens is 473 g/mol. The number of anilines is 2. The number of amides is 1. The normalized spacial score (nSPS) is 16.9. The van der Waals surface area contributed by atoms with Crippen LogP contribution in [0.3, 0.4) is 0 Å². The van der Waals surface area contributed by atoms with E-state index in [4.69, 9.17) is 0 Å². The van der Waals surface area contributed by atoms with Crippen molar-refractivity contribution in [3.63, 3.8) is 0 Å². The minimum absolute atomic E-state index is 0.0131. The first kappa shape index (κ1) is 18.3. The molecule has 1 amide bonds. The van der Waals surface area contributed by atoms with Crippen LogP contribution < -0.4 is 10.2 Å². The van der Waals surface area contributed by atoms with Gasteiger partial charge in [0, 0.05) is 40.0 Å². The minimum atomic E-state index is -0.0896. The van der Waals surface area contributed by atoms with Gasteiger partial charge in [-0.15, -0.1) is 11.3 Å². The van der Waals surface area contributed by atoms with E-state index in [0.29, 0.717) is 17.6 Å². The highest BCUT2D eigenvalue weighted by molar-refractivity contribution is 14.1. The van der Waals surface area contributed by atoms with Crippen LogP contribution in [0.2, 0.25) is 0 Å². The van der Waals surface area contributed by atoms with Crippen LogP contribution in [0.1, 0.15) is 12.8 Å². The average molecular weight is 491 g/mol. The third kappa shape index (κ3) is 4.44. The quantitative estimate of drug-likeness (QED) is 0.558. The summed E-state index contributed by atoms with van der Waals surface area (Å²) in [6, 6.07) is 9.99. The van der Waals surface area contributed by atoms with E-state index in [-0.39, 0.29) is 11.8 Å². The number of hydrogen-bond donors (Lipinski definition) is 1. The van der Waals surface area contributed by atoms with Crippen LogP contribution in [0.25, 0.3) is 11.3 Å². The summed E-state index contributed by atoms with van der Waals surface area (Å²) in [5.41, 5.74) is 1.94. The zero-order chi connectivity index (χ0) is 18.6. The van der Waals surface area contributed by atoms with Gasteiger partial charge in [0.25, 0.3) is 0 Å². The zero-order valence-corrected chi connectivity index (χ0v) is 17.5. The van der Waals surface area contributed by atoms with Crippen molar-refractivity contribution in [1.29, 1.82) is 0 Å². The molecule has 1 aliphatic rings. The lowest BCUT2D eigenvalue weighted by atomic mass is 9.97. The highest BCUT2D eigenvalue weighted by Crippen LogP contribution is 2.27. The van der Waals surface area contributed by atoms with Gasteiger partial charge < -0.3 is 10.2 Å². The largest absolute Gasteiger partial charge is 0.340 e. The molecule has 0 aliphatic carbocycles. The molecule has 0 radical (unpaired) electrons. The Hall–Kier alpha value is -2.07. The van der Waals surface area contributed by atoms with Gasteiger partial charge in [-0.2, -0.15) is 0 Å². The van der Waals surface area contributed by atoms with Gasteiger partial charge in [0.2, 0.25) is 11.9 Å². The zero-order valence-electron chi connectivity index (χ0n) is 14.5. The van der Waals surface area contributed by atoms with Crippen LogP contribution in [0, 0.1) is 9.49 Å². The number of aromatic nitrogens is 3. The van der Waals surface area contributed by atoms with Crippen LogP contribution >= 0.6 is 33.9 Å². The molecule has 1 atom stereocenters. The van der Waals surface area contributed by atoms with Gasteiger partial charge in [0.15, 0.2) is 5.13 Å². The summed E-state index contributed by atoms with van der Waals surface area (Å²) in [6.45, 7) is 1.51. The minimum Gasteiger partial charge on any atom is -0.340 e. The van der Waals surface area contributed by atoms with E-state index in [1.165, 1.54) is 14.9 Å². The van der Waals surface area contributed by atoms with Crippen LogP contribution in [0.4, 0.5) is 11.1 Å². The van der Waals surface area contributed by atoms with Crippen LogP contribution in [0.15, 0.2) is 48.1 Å². The Bertz CT molecular complexity index is 915. The smallest absolute Gasteiger partial charge is 0.231 e. The van der Waals surface area contributed by atoms with Gasteiger partial charge in [-0.25, -0.2) is 15.0 Å². The van der Waals surface area contributed by atoms with Crippen molar-refractivity contribution in [2.24, 2.45) is 5.92 Å². The number of carbonyl (C=O) groups excluding carboxylic acids is 1. The molecular formula is C19H18IN5OS. The van der Waals surface area contributed by atoms with E-state index in [2.05, 4.69) is 59.9 Å². The number of thiazole rings is 1. The van der Waals surface area contributed by atoms with Crippen LogP contribution in [0.5, 0.6) is 0 Å². The summed E-state index contributed by atoms with van der Waals surface area (Å²) in [6.07, 6.45) is 5.27. The molecule has 1 unspecified atom stereocenters. The standard InChI is InChI=1S/C19H18IN5OS/c20-15-6-4-13(5-7-15)16-12-27-19(23-16)24-17(26)14-3-1-10-25(11-14)18-21-8-2-9-22-18/h2,4-9,12,14H,1,3,10-11H2,(H,23,24,26). The van der Waals surface area contributed by atoms with Crippen molar-refractivity contribution in [2.45, 2.75) is 12.8 Å². The number of benzene rings is 1. The number of nitrogens with one attached hydrogen (secondary N) is 1. The molecule has 1 saturated heterocycles. The second-order valence-electron chi connectivity index (χ2n) is 6.37. The maximum atomic E-state index is 12.7. The molecule has 0 bridgehead atoms. The lowest BCUT2D eigenvalue weighted by Crippen LogP contribution is -2.41. The van der Waals surface area contributed by atoms with E-state index in [0.717, 1.165) is 30.6 Å². The number of halogens is 1. The van der Waals surface area contributed by atoms with Crippen molar-refractivity contribution in [2.75, 3.05) is 23.3 Å². The number of carbonyl (C=O) groups is 1. The van der Waals surface area contributed by atoms with E-state index in [1.54, 1.807) is 18.5 Å². The predicted molar refractivity (Wildman–Crippen MR) is 116 cm³/mol. The third-order valence-corrected chi connectivity index (χ3v) is 5.98. The number of nitrogens with zero attached hydrogens (tertiary/aromatic N) is 4. The van der Waals surface area contributed by atoms with Crippen molar-refractivity contribution in [1.82, 2.24) is 15.0 Å². The third-order valence-electron chi connectivity index (χ3n) is 4.50. The number of hydrogen-bond acceptors (Lipinski definition) is 6. The maximum absolute atomic E-state index is 12.7. The SMILES string of the molecule is O=C(Nc1nc(-c2ccc(I)cc2)cs1)C1CCCN(c2ncccn2)C1. The molecule has 2 aromatic heterocycles. The van der Waals surface area contributed by atoms with Gasteiger partial charge in [-0.3, -0.25) is 4.79 Å². The highest BCUT2D eigenvalue weighted by atomic mass is 127. The predicted octanol–water partition coefficient (Wildman–Crippen LogP) is 4.06. The van der Waals surface area contributed by atoms with E-state index < -0.39 is 0 Å². The molecule has 3 aromatic rings. The Balaban J connectivity index is 1.41. The Kier molecular flexibility index (Phi) is 5.63. The monoisotopic (exact) mass is 491 g/mol. The summed E-state index contributed by atoms with van der Waals surface area (Å²) in [7, 11) is 0. The summed E-state index contributed by atoms with van der Waals surface area (Å²) in [5.74, 6) is 0.609. The van der Waals surface area contributed by atoms with E-state index >= 15 is 0 Å². The lowest BCUT2D eigenvalue weighted by molar-refractivity contribution is -0.120. The topological polar surface area (TPSA) is 71.0 Å². The molecule has 4 rings (SSSR count). The van der Waals surface area contributed by atoms with Gasteiger partial charge in [0.05, 0.1) is 11.6 Å². The maximum Gasteiger partial charge on any atom is 0.231 e. The fourth-order valence-electron chi connectivity index (χ4n) is 3.12. The number of rotatable bonds is 4. The summed E-state index contributed by atoms with van der Waals surface area (Å²) >= 11 is 3.73. The molecule has 138 valence electrons. The Morgan fingerprint density at radius 3 is 2.78 bits per heavy atom. The first-order valence-electron chi connectivity index (χ1n) is 8.73. The van der Waals surface area contributed by atoms with Gasteiger partial charge in [-0.05, 0) is 53.6 Å². The van der Waals surface area contributed by atoms with Gasteiger partial charge in [0.1, 0.15) is 0 Å².